The predicted molar refractivity (Wildman–Crippen MR) is 118 cm³/mol. The molecule has 0 radical (unpaired) electrons. The Morgan fingerprint density at radius 2 is 1.68 bits per heavy atom. The minimum Gasteiger partial charge on any atom is -0.497 e. The smallest absolute Gasteiger partial charge is 0.335 e. The number of benzene rings is 3. The first-order valence-electron chi connectivity index (χ1n) is 10.4. The van der Waals surface area contributed by atoms with Crippen LogP contribution in [0.5, 0.6) is 17.2 Å². The predicted octanol–water partition coefficient (Wildman–Crippen LogP) is 5.25. The molecule has 1 unspecified atom stereocenters. The van der Waals surface area contributed by atoms with E-state index < -0.39 is 5.97 Å². The first-order chi connectivity index (χ1) is 15.1. The number of carboxylic acid groups (broad SMARTS) is 1. The van der Waals surface area contributed by atoms with E-state index >= 15 is 0 Å². The summed E-state index contributed by atoms with van der Waals surface area (Å²) in [7, 11) is 3.33. The van der Waals surface area contributed by atoms with Crippen LogP contribution in [0.3, 0.4) is 0 Å². The van der Waals surface area contributed by atoms with E-state index in [1.54, 1.807) is 38.5 Å². The molecule has 5 heteroatoms. The number of rotatable bonds is 8. The molecule has 1 aliphatic rings. The topological polar surface area (TPSA) is 65.0 Å². The van der Waals surface area contributed by atoms with Crippen LogP contribution in [-0.2, 0) is 19.4 Å². The highest BCUT2D eigenvalue weighted by molar-refractivity contribution is 5.87. The van der Waals surface area contributed by atoms with Crippen molar-refractivity contribution in [2.75, 3.05) is 14.2 Å². The van der Waals surface area contributed by atoms with Crippen LogP contribution < -0.4 is 14.2 Å². The third-order valence-corrected chi connectivity index (χ3v) is 5.82. The summed E-state index contributed by atoms with van der Waals surface area (Å²) in [4.78, 5) is 11.0. The minimum atomic E-state index is -0.926. The molecule has 0 aliphatic heterocycles. The molecule has 0 spiro atoms. The molecular weight excluding hydrogens is 392 g/mol. The average molecular weight is 418 g/mol. The molecule has 4 rings (SSSR count). The number of hydrogen-bond acceptors (Lipinski definition) is 4. The third kappa shape index (κ3) is 4.66. The van der Waals surface area contributed by atoms with Crippen molar-refractivity contribution in [3.05, 3.63) is 88.5 Å². The Labute approximate surface area is 182 Å². The number of carbonyl (C=O) groups is 1. The molecule has 160 valence electrons. The van der Waals surface area contributed by atoms with E-state index in [9.17, 15) is 4.79 Å². The Balaban J connectivity index is 1.53. The summed E-state index contributed by atoms with van der Waals surface area (Å²) in [5, 5.41) is 9.06. The molecule has 0 amide bonds. The van der Waals surface area contributed by atoms with Gasteiger partial charge in [0.25, 0.3) is 0 Å². The summed E-state index contributed by atoms with van der Waals surface area (Å²) in [5.74, 6) is 1.92. The van der Waals surface area contributed by atoms with Crippen LogP contribution in [0, 0.1) is 0 Å². The molecule has 0 bridgehead atoms. The van der Waals surface area contributed by atoms with Gasteiger partial charge in [0, 0.05) is 11.6 Å². The zero-order chi connectivity index (χ0) is 21.8. The molecule has 1 aliphatic carbocycles. The Hall–Kier alpha value is -3.47. The van der Waals surface area contributed by atoms with Crippen LogP contribution in [0.1, 0.15) is 45.0 Å². The highest BCUT2D eigenvalue weighted by atomic mass is 16.5. The summed E-state index contributed by atoms with van der Waals surface area (Å²) >= 11 is 0. The number of carboxylic acids is 1. The van der Waals surface area contributed by atoms with Gasteiger partial charge in [-0.25, -0.2) is 4.79 Å². The van der Waals surface area contributed by atoms with Gasteiger partial charge in [0.2, 0.25) is 0 Å². The maximum Gasteiger partial charge on any atom is 0.335 e. The van der Waals surface area contributed by atoms with E-state index in [0.29, 0.717) is 12.5 Å². The molecule has 31 heavy (non-hydrogen) atoms. The van der Waals surface area contributed by atoms with Gasteiger partial charge in [-0.3, -0.25) is 0 Å². The summed E-state index contributed by atoms with van der Waals surface area (Å²) in [6.07, 6.45) is 2.99. The summed E-state index contributed by atoms with van der Waals surface area (Å²) in [5.41, 5.74) is 4.99. The summed E-state index contributed by atoms with van der Waals surface area (Å²) in [6, 6.07) is 19.1. The Kier molecular flexibility index (Phi) is 6.12. The first-order valence-corrected chi connectivity index (χ1v) is 10.4. The molecule has 1 N–H and O–H groups in total. The van der Waals surface area contributed by atoms with Crippen molar-refractivity contribution in [3.63, 3.8) is 0 Å². The van der Waals surface area contributed by atoms with Crippen molar-refractivity contribution < 1.29 is 24.1 Å². The van der Waals surface area contributed by atoms with Crippen molar-refractivity contribution in [2.45, 2.75) is 31.8 Å². The largest absolute Gasteiger partial charge is 0.497 e. The van der Waals surface area contributed by atoms with Gasteiger partial charge in [0.15, 0.2) is 0 Å². The standard InChI is InChI=1S/C26H26O5/c1-29-22-13-18(14-23(15-22)30-2)12-21-11-10-19-4-3-5-24(25(19)21)31-16-17-6-8-20(9-7-17)26(27)28/h3-9,13-15,21H,10-12,16H2,1-2H3,(H,27,28). The molecule has 0 fully saturated rings. The lowest BCUT2D eigenvalue weighted by molar-refractivity contribution is 0.0697. The van der Waals surface area contributed by atoms with Crippen LogP contribution in [0.2, 0.25) is 0 Å². The number of methoxy groups -OCH3 is 2. The number of ether oxygens (including phenoxy) is 3. The lowest BCUT2D eigenvalue weighted by Crippen LogP contribution is -2.04. The molecule has 0 saturated heterocycles. The van der Waals surface area contributed by atoms with Gasteiger partial charge in [-0.1, -0.05) is 24.3 Å². The summed E-state index contributed by atoms with van der Waals surface area (Å²) in [6.45, 7) is 0.399. The highest BCUT2D eigenvalue weighted by Gasteiger charge is 2.26. The molecule has 1 atom stereocenters. The number of hydrogen-bond donors (Lipinski definition) is 1. The fraction of sp³-hybridized carbons (Fsp3) is 0.269. The van der Waals surface area contributed by atoms with Crippen molar-refractivity contribution in [1.29, 1.82) is 0 Å². The van der Waals surface area contributed by atoms with E-state index in [1.807, 2.05) is 18.2 Å². The first kappa shape index (κ1) is 20.8. The summed E-state index contributed by atoms with van der Waals surface area (Å²) < 4.78 is 17.0. The Bertz CT molecular complexity index is 1050. The van der Waals surface area contributed by atoms with Crippen LogP contribution in [0.4, 0.5) is 0 Å². The fourth-order valence-corrected chi connectivity index (χ4v) is 4.25. The van der Waals surface area contributed by atoms with Crippen molar-refractivity contribution in [1.82, 2.24) is 0 Å². The normalized spacial score (nSPS) is 14.7. The second-order valence-corrected chi connectivity index (χ2v) is 7.78. The Morgan fingerprint density at radius 1 is 0.968 bits per heavy atom. The van der Waals surface area contributed by atoms with Gasteiger partial charge in [0.05, 0.1) is 19.8 Å². The average Bonchev–Trinajstić information content (AvgIpc) is 3.21. The van der Waals surface area contributed by atoms with Gasteiger partial charge in [-0.15, -0.1) is 0 Å². The lowest BCUT2D eigenvalue weighted by Gasteiger charge is -2.18. The van der Waals surface area contributed by atoms with E-state index in [-0.39, 0.29) is 5.56 Å². The fourth-order valence-electron chi connectivity index (χ4n) is 4.25. The maximum absolute atomic E-state index is 11.0. The number of aromatic carboxylic acids is 1. The number of fused-ring (bicyclic) bond motifs is 1. The van der Waals surface area contributed by atoms with Crippen molar-refractivity contribution in [2.24, 2.45) is 0 Å². The highest BCUT2D eigenvalue weighted by Crippen LogP contribution is 2.42. The second kappa shape index (κ2) is 9.13. The van der Waals surface area contributed by atoms with Crippen molar-refractivity contribution >= 4 is 5.97 Å². The zero-order valence-corrected chi connectivity index (χ0v) is 17.8. The van der Waals surface area contributed by atoms with E-state index in [1.165, 1.54) is 16.7 Å². The zero-order valence-electron chi connectivity index (χ0n) is 17.8. The van der Waals surface area contributed by atoms with E-state index in [0.717, 1.165) is 42.1 Å². The number of aryl methyl sites for hydroxylation is 1. The molecule has 0 aromatic heterocycles. The van der Waals surface area contributed by atoms with Gasteiger partial charge in [-0.05, 0) is 72.2 Å². The van der Waals surface area contributed by atoms with Crippen LogP contribution in [0.15, 0.2) is 60.7 Å². The molecular formula is C26H26O5. The van der Waals surface area contributed by atoms with Gasteiger partial charge < -0.3 is 19.3 Å². The van der Waals surface area contributed by atoms with Gasteiger partial charge in [0.1, 0.15) is 23.9 Å². The SMILES string of the molecule is COc1cc(CC2CCc3cccc(OCc4ccc(C(=O)O)cc4)c32)cc(OC)c1. The second-order valence-electron chi connectivity index (χ2n) is 7.78. The van der Waals surface area contributed by atoms with Gasteiger partial charge >= 0.3 is 5.97 Å². The molecule has 3 aromatic carbocycles. The minimum absolute atomic E-state index is 0.276. The molecule has 0 saturated carbocycles. The third-order valence-electron chi connectivity index (χ3n) is 5.82. The molecule has 0 heterocycles. The van der Waals surface area contributed by atoms with Crippen LogP contribution in [0.25, 0.3) is 0 Å². The van der Waals surface area contributed by atoms with Crippen LogP contribution in [-0.4, -0.2) is 25.3 Å². The monoisotopic (exact) mass is 418 g/mol. The maximum atomic E-state index is 11.0. The molecule has 5 nitrogen and oxygen atoms in total. The molecule has 3 aromatic rings. The van der Waals surface area contributed by atoms with E-state index in [4.69, 9.17) is 19.3 Å². The van der Waals surface area contributed by atoms with Gasteiger partial charge in [-0.2, -0.15) is 0 Å². The lowest BCUT2D eigenvalue weighted by atomic mass is 9.92. The van der Waals surface area contributed by atoms with Crippen LogP contribution >= 0.6 is 0 Å². The van der Waals surface area contributed by atoms with E-state index in [2.05, 4.69) is 18.2 Å². The Morgan fingerprint density at radius 3 is 2.32 bits per heavy atom. The quantitative estimate of drug-likeness (QED) is 0.541. The van der Waals surface area contributed by atoms with Crippen molar-refractivity contribution in [3.8, 4) is 17.2 Å².